The molecule has 1 saturated carbocycles. The van der Waals surface area contributed by atoms with E-state index in [-0.39, 0.29) is 23.4 Å². The van der Waals surface area contributed by atoms with Crippen LogP contribution in [0.15, 0.2) is 36.4 Å². The topological polar surface area (TPSA) is 101 Å². The molecule has 7 nitrogen and oxygen atoms in total. The number of aryl methyl sites for hydroxylation is 1. The van der Waals surface area contributed by atoms with Crippen LogP contribution in [0.2, 0.25) is 0 Å². The fourth-order valence-corrected chi connectivity index (χ4v) is 3.37. The first-order chi connectivity index (χ1) is 15.2. The molecule has 0 bridgehead atoms. The summed E-state index contributed by atoms with van der Waals surface area (Å²) in [6, 6.07) is 9.88. The zero-order valence-corrected chi connectivity index (χ0v) is 18.4. The number of nitrogens with zero attached hydrogens (tertiary/aromatic N) is 1. The number of carboxylic acid groups (broad SMARTS) is 1. The molecule has 9 heteroatoms. The van der Waals surface area contributed by atoms with Gasteiger partial charge < -0.3 is 20.5 Å². The Morgan fingerprint density at radius 3 is 2.25 bits per heavy atom. The maximum Gasteiger partial charge on any atom is 0.388 e. The van der Waals surface area contributed by atoms with Crippen molar-refractivity contribution in [3.05, 3.63) is 47.7 Å². The third-order valence-corrected chi connectivity index (χ3v) is 4.98. The summed E-state index contributed by atoms with van der Waals surface area (Å²) >= 11 is 0. The smallest absolute Gasteiger partial charge is 0.388 e. The Labute approximate surface area is 186 Å². The van der Waals surface area contributed by atoms with Gasteiger partial charge in [-0.25, -0.2) is 9.78 Å². The molecule has 2 amide bonds. The number of hydrogen-bond donors (Lipinski definition) is 3. The standard InChI is InChI=1S/C17H19F2N3O2.C6H10O2/c1-10(2)12-6-4-5-7-13(12)21-17(23)22-14-9-8-11(3)20-15(14)24-16(18)19;7-6(8)5-3-1-2-4-5/h4-10,16H,1-3H3,(H2,21,22,23);5H,1-4H2,(H,7,8). The van der Waals surface area contributed by atoms with Gasteiger partial charge in [-0.3, -0.25) is 4.79 Å². The third kappa shape index (κ3) is 7.79. The number of carboxylic acids is 1. The van der Waals surface area contributed by atoms with Crippen LogP contribution in [0.4, 0.5) is 25.0 Å². The van der Waals surface area contributed by atoms with E-state index < -0.39 is 18.6 Å². The summed E-state index contributed by atoms with van der Waals surface area (Å²) in [6.07, 6.45) is 4.01. The van der Waals surface area contributed by atoms with Crippen molar-refractivity contribution in [1.29, 1.82) is 0 Å². The molecule has 0 saturated heterocycles. The molecular weight excluding hydrogens is 420 g/mol. The van der Waals surface area contributed by atoms with Crippen LogP contribution < -0.4 is 15.4 Å². The van der Waals surface area contributed by atoms with E-state index in [0.717, 1.165) is 31.2 Å². The number of urea groups is 1. The van der Waals surface area contributed by atoms with Gasteiger partial charge in [0, 0.05) is 11.4 Å². The molecule has 32 heavy (non-hydrogen) atoms. The lowest BCUT2D eigenvalue weighted by atomic mass is 10.0. The number of amides is 2. The molecule has 0 aliphatic heterocycles. The summed E-state index contributed by atoms with van der Waals surface area (Å²) in [4.78, 5) is 26.3. The number of aliphatic carboxylic acids is 1. The number of carbonyl (C=O) groups is 2. The summed E-state index contributed by atoms with van der Waals surface area (Å²) < 4.78 is 29.3. The van der Waals surface area contributed by atoms with Crippen LogP contribution in [0, 0.1) is 12.8 Å². The first-order valence-electron chi connectivity index (χ1n) is 10.5. The van der Waals surface area contributed by atoms with Gasteiger partial charge in [-0.1, -0.05) is 44.9 Å². The lowest BCUT2D eigenvalue weighted by Gasteiger charge is -2.15. The summed E-state index contributed by atoms with van der Waals surface area (Å²) in [6.45, 7) is 2.64. The van der Waals surface area contributed by atoms with Crippen molar-refractivity contribution in [3.63, 3.8) is 0 Å². The predicted octanol–water partition coefficient (Wildman–Crippen LogP) is 6.02. The Balaban J connectivity index is 0.000000380. The van der Waals surface area contributed by atoms with Gasteiger partial charge >= 0.3 is 18.6 Å². The number of rotatable bonds is 6. The van der Waals surface area contributed by atoms with Crippen molar-refractivity contribution >= 4 is 23.4 Å². The van der Waals surface area contributed by atoms with Crippen molar-refractivity contribution in [2.75, 3.05) is 10.6 Å². The number of pyridine rings is 1. The molecule has 174 valence electrons. The predicted molar refractivity (Wildman–Crippen MR) is 118 cm³/mol. The molecule has 0 atom stereocenters. The average Bonchev–Trinajstić information content (AvgIpc) is 3.26. The highest BCUT2D eigenvalue weighted by atomic mass is 19.3. The van der Waals surface area contributed by atoms with Crippen LogP contribution in [-0.4, -0.2) is 28.7 Å². The maximum absolute atomic E-state index is 12.5. The molecule has 2 aromatic rings. The van der Waals surface area contributed by atoms with Gasteiger partial charge in [0.15, 0.2) is 0 Å². The molecule has 1 aromatic heterocycles. The second-order valence-electron chi connectivity index (χ2n) is 7.82. The molecule has 1 aromatic carbocycles. The van der Waals surface area contributed by atoms with Crippen LogP contribution in [0.25, 0.3) is 0 Å². The van der Waals surface area contributed by atoms with Crippen molar-refractivity contribution in [2.45, 2.75) is 59.0 Å². The van der Waals surface area contributed by atoms with Gasteiger partial charge in [0.25, 0.3) is 0 Å². The Kier molecular flexibility index (Phi) is 9.37. The minimum atomic E-state index is -3.02. The second-order valence-corrected chi connectivity index (χ2v) is 7.82. The van der Waals surface area contributed by atoms with Crippen molar-refractivity contribution in [2.24, 2.45) is 5.92 Å². The lowest BCUT2D eigenvalue weighted by molar-refractivity contribution is -0.141. The van der Waals surface area contributed by atoms with Gasteiger partial charge in [0.1, 0.15) is 5.69 Å². The zero-order valence-electron chi connectivity index (χ0n) is 18.4. The van der Waals surface area contributed by atoms with Gasteiger partial charge in [-0.15, -0.1) is 0 Å². The molecule has 0 unspecified atom stereocenters. The second kappa shape index (κ2) is 12.0. The van der Waals surface area contributed by atoms with Crippen LogP contribution in [0.3, 0.4) is 0 Å². The van der Waals surface area contributed by atoms with Crippen LogP contribution >= 0.6 is 0 Å². The van der Waals surface area contributed by atoms with E-state index in [9.17, 15) is 18.4 Å². The zero-order chi connectivity index (χ0) is 23.7. The molecule has 0 spiro atoms. The minimum absolute atomic E-state index is 0.0185. The quantitative estimate of drug-likeness (QED) is 0.501. The SMILES string of the molecule is Cc1ccc(NC(=O)Nc2ccccc2C(C)C)c(OC(F)F)n1.O=C(O)C1CCCC1. The first-order valence-corrected chi connectivity index (χ1v) is 10.5. The number of nitrogens with one attached hydrogen (secondary N) is 2. The number of alkyl halides is 2. The molecule has 1 fully saturated rings. The van der Waals surface area contributed by atoms with Crippen LogP contribution in [0.1, 0.15) is 56.7 Å². The molecule has 3 N–H and O–H groups in total. The summed E-state index contributed by atoms with van der Waals surface area (Å²) in [7, 11) is 0. The third-order valence-electron chi connectivity index (χ3n) is 4.98. The highest BCUT2D eigenvalue weighted by molar-refractivity contribution is 6.01. The number of halogens is 2. The Morgan fingerprint density at radius 1 is 1.06 bits per heavy atom. The Hall–Kier alpha value is -3.23. The molecular formula is C23H29F2N3O4. The summed E-state index contributed by atoms with van der Waals surface area (Å²) in [5.74, 6) is -0.727. The number of para-hydroxylation sites is 1. The van der Waals surface area contributed by atoms with Crippen molar-refractivity contribution in [3.8, 4) is 5.88 Å². The van der Waals surface area contributed by atoms with E-state index in [1.54, 1.807) is 25.1 Å². The fourth-order valence-electron chi connectivity index (χ4n) is 3.37. The monoisotopic (exact) mass is 449 g/mol. The Bertz CT molecular complexity index is 916. The molecule has 1 aliphatic rings. The van der Waals surface area contributed by atoms with Crippen molar-refractivity contribution in [1.82, 2.24) is 4.98 Å². The number of carbonyl (C=O) groups excluding carboxylic acids is 1. The molecule has 0 radical (unpaired) electrons. The number of benzene rings is 1. The van der Waals surface area contributed by atoms with Gasteiger partial charge in [-0.2, -0.15) is 8.78 Å². The summed E-state index contributed by atoms with van der Waals surface area (Å²) in [5.41, 5.74) is 2.20. The normalized spacial score (nSPS) is 13.5. The maximum atomic E-state index is 12.5. The van der Waals surface area contributed by atoms with E-state index in [0.29, 0.717) is 11.4 Å². The van der Waals surface area contributed by atoms with Gasteiger partial charge in [0.2, 0.25) is 5.88 Å². The molecule has 1 heterocycles. The fraction of sp³-hybridized carbons (Fsp3) is 0.435. The number of hydrogen-bond acceptors (Lipinski definition) is 4. The number of ether oxygens (including phenoxy) is 1. The van der Waals surface area contributed by atoms with Crippen LogP contribution in [0.5, 0.6) is 5.88 Å². The highest BCUT2D eigenvalue weighted by Crippen LogP contribution is 2.26. The van der Waals surface area contributed by atoms with Crippen molar-refractivity contribution < 1.29 is 28.2 Å². The molecule has 3 rings (SSSR count). The van der Waals surface area contributed by atoms with E-state index in [2.05, 4.69) is 20.4 Å². The van der Waals surface area contributed by atoms with Gasteiger partial charge in [0.05, 0.1) is 5.92 Å². The van der Waals surface area contributed by atoms with E-state index in [1.165, 1.54) is 6.07 Å². The number of anilines is 2. The summed E-state index contributed by atoms with van der Waals surface area (Å²) in [5, 5.41) is 13.6. The highest BCUT2D eigenvalue weighted by Gasteiger charge is 2.21. The minimum Gasteiger partial charge on any atom is -0.481 e. The van der Waals surface area contributed by atoms with E-state index in [4.69, 9.17) is 5.11 Å². The average molecular weight is 449 g/mol. The largest absolute Gasteiger partial charge is 0.481 e. The van der Waals surface area contributed by atoms with E-state index >= 15 is 0 Å². The van der Waals surface area contributed by atoms with E-state index in [1.807, 2.05) is 26.0 Å². The lowest BCUT2D eigenvalue weighted by Crippen LogP contribution is -2.21. The number of aromatic nitrogens is 1. The van der Waals surface area contributed by atoms with Crippen LogP contribution in [-0.2, 0) is 4.79 Å². The Morgan fingerprint density at radius 2 is 1.69 bits per heavy atom. The first kappa shape index (κ1) is 25.0. The molecule has 1 aliphatic carbocycles. The van der Waals surface area contributed by atoms with Gasteiger partial charge in [-0.05, 0) is 49.4 Å².